The molecule has 0 fully saturated rings. The Morgan fingerprint density at radius 2 is 1.89 bits per heavy atom. The Morgan fingerprint density at radius 3 is 2.39 bits per heavy atom. The molecule has 0 aliphatic heterocycles. The van der Waals surface area contributed by atoms with Crippen LogP contribution in [0.2, 0.25) is 0 Å². The van der Waals surface area contributed by atoms with Crippen LogP contribution < -0.4 is 24.0 Å². The predicted molar refractivity (Wildman–Crippen MR) is 62.4 cm³/mol. The van der Waals surface area contributed by atoms with Gasteiger partial charge in [-0.25, -0.2) is 0 Å². The van der Waals surface area contributed by atoms with E-state index in [2.05, 4.69) is 6.08 Å². The first-order valence-electron chi connectivity index (χ1n) is 5.81. The van der Waals surface area contributed by atoms with Crippen LogP contribution in [0.15, 0.2) is 12.2 Å². The van der Waals surface area contributed by atoms with E-state index in [1.54, 1.807) is 0 Å². The number of allylic oxidation sites excluding steroid dienone is 2. The predicted octanol–water partition coefficient (Wildman–Crippen LogP) is -2.74. The normalized spacial score (nSPS) is 10.6. The number of hydrogen-bond donors (Lipinski definition) is 1. The standard InChI is InChI=1S/C12H21NO4.Li/c1-2-3-4-5-6-7-8-13(9-11(14)15)10-12(16)17;/h2-3H,4-10H2,1H3,(H,14,15)(H,16,17);/q;+1/p-1/b3-2+;. The molecule has 5 nitrogen and oxygen atoms in total. The molecule has 0 radical (unpaired) electrons. The average molecular weight is 249 g/mol. The number of unbranched alkanes of at least 4 members (excludes halogenated alkanes) is 3. The van der Waals surface area contributed by atoms with Crippen molar-refractivity contribution in [2.45, 2.75) is 32.6 Å². The Morgan fingerprint density at radius 1 is 1.22 bits per heavy atom. The van der Waals surface area contributed by atoms with E-state index in [1.807, 2.05) is 13.0 Å². The fourth-order valence-corrected chi connectivity index (χ4v) is 1.53. The first-order valence-corrected chi connectivity index (χ1v) is 5.81. The summed E-state index contributed by atoms with van der Waals surface area (Å²) in [6.07, 6.45) is 7.89. The van der Waals surface area contributed by atoms with Gasteiger partial charge in [0, 0.05) is 6.54 Å². The van der Waals surface area contributed by atoms with Gasteiger partial charge < -0.3 is 15.0 Å². The maximum atomic E-state index is 10.5. The van der Waals surface area contributed by atoms with Gasteiger partial charge >= 0.3 is 24.8 Å². The Hall–Kier alpha value is -0.763. The molecule has 98 valence electrons. The number of hydrogen-bond acceptors (Lipinski definition) is 4. The number of carboxylic acids is 2. The Bertz CT molecular complexity index is 253. The van der Waals surface area contributed by atoms with Crippen molar-refractivity contribution in [3.63, 3.8) is 0 Å². The van der Waals surface area contributed by atoms with E-state index in [9.17, 15) is 14.7 Å². The fourth-order valence-electron chi connectivity index (χ4n) is 1.53. The first kappa shape index (κ1) is 19.6. The molecule has 18 heavy (non-hydrogen) atoms. The van der Waals surface area contributed by atoms with Crippen LogP contribution in [0.1, 0.15) is 32.6 Å². The second-order valence-electron chi connectivity index (χ2n) is 3.89. The quantitative estimate of drug-likeness (QED) is 0.258. The molecular formula is C12H20LiNO4. The molecule has 0 aromatic heterocycles. The number of rotatable bonds is 10. The van der Waals surface area contributed by atoms with Crippen molar-refractivity contribution >= 4 is 11.9 Å². The third kappa shape index (κ3) is 13.3. The number of carbonyl (C=O) groups excluding carboxylic acids is 1. The van der Waals surface area contributed by atoms with Crippen molar-refractivity contribution in [2.24, 2.45) is 0 Å². The van der Waals surface area contributed by atoms with E-state index in [-0.39, 0.29) is 32.0 Å². The number of carboxylic acid groups (broad SMARTS) is 2. The Balaban J connectivity index is 0. The summed E-state index contributed by atoms with van der Waals surface area (Å²) in [6, 6.07) is 0. The molecule has 1 N–H and O–H groups in total. The van der Waals surface area contributed by atoms with Crippen LogP contribution in [0.25, 0.3) is 0 Å². The topological polar surface area (TPSA) is 80.7 Å². The van der Waals surface area contributed by atoms with Gasteiger partial charge in [0.25, 0.3) is 0 Å². The van der Waals surface area contributed by atoms with E-state index < -0.39 is 11.9 Å². The number of aliphatic carboxylic acids is 2. The molecule has 0 rings (SSSR count). The zero-order valence-corrected chi connectivity index (χ0v) is 11.2. The molecule has 0 amide bonds. The first-order chi connectivity index (χ1) is 8.06. The zero-order valence-electron chi connectivity index (χ0n) is 11.2. The van der Waals surface area contributed by atoms with Gasteiger partial charge in [-0.05, 0) is 32.7 Å². The van der Waals surface area contributed by atoms with Gasteiger partial charge in [0.05, 0.1) is 12.5 Å². The second kappa shape index (κ2) is 12.7. The van der Waals surface area contributed by atoms with Gasteiger partial charge in [0.15, 0.2) is 0 Å². The molecule has 0 atom stereocenters. The molecular weight excluding hydrogens is 229 g/mol. The van der Waals surface area contributed by atoms with Gasteiger partial charge in [0.1, 0.15) is 0 Å². The largest absolute Gasteiger partial charge is 1.00 e. The minimum absolute atomic E-state index is 0. The van der Waals surface area contributed by atoms with Crippen molar-refractivity contribution in [3.8, 4) is 0 Å². The van der Waals surface area contributed by atoms with Crippen LogP contribution in [0.3, 0.4) is 0 Å². The maximum Gasteiger partial charge on any atom is 1.00 e. The van der Waals surface area contributed by atoms with Gasteiger partial charge in [-0.15, -0.1) is 0 Å². The summed E-state index contributed by atoms with van der Waals surface area (Å²) in [4.78, 5) is 22.3. The summed E-state index contributed by atoms with van der Waals surface area (Å²) in [5.41, 5.74) is 0. The van der Waals surface area contributed by atoms with E-state index >= 15 is 0 Å². The van der Waals surface area contributed by atoms with Crippen LogP contribution in [0.4, 0.5) is 0 Å². The molecule has 0 heterocycles. The average Bonchev–Trinajstić information content (AvgIpc) is 2.21. The van der Waals surface area contributed by atoms with Crippen LogP contribution in [0.5, 0.6) is 0 Å². The second-order valence-corrected chi connectivity index (χ2v) is 3.89. The fraction of sp³-hybridized carbons (Fsp3) is 0.667. The van der Waals surface area contributed by atoms with Crippen molar-refractivity contribution < 1.29 is 38.7 Å². The molecule has 6 heteroatoms. The number of carbonyl (C=O) groups is 2. The van der Waals surface area contributed by atoms with E-state index in [0.29, 0.717) is 6.54 Å². The van der Waals surface area contributed by atoms with Gasteiger partial charge in [-0.1, -0.05) is 18.6 Å². The van der Waals surface area contributed by atoms with E-state index in [4.69, 9.17) is 5.11 Å². The summed E-state index contributed by atoms with van der Waals surface area (Å²) in [6.45, 7) is 1.88. The molecule has 0 aliphatic carbocycles. The third-order valence-corrected chi connectivity index (χ3v) is 2.29. The smallest absolute Gasteiger partial charge is 0.549 e. The van der Waals surface area contributed by atoms with Crippen LogP contribution in [-0.4, -0.2) is 41.6 Å². The van der Waals surface area contributed by atoms with Crippen molar-refractivity contribution in [2.75, 3.05) is 19.6 Å². The SMILES string of the molecule is C/C=C/CCCCCN(CC(=O)[O-])CC(=O)O.[Li+]. The van der Waals surface area contributed by atoms with Gasteiger partial charge in [-0.3, -0.25) is 9.69 Å². The van der Waals surface area contributed by atoms with Crippen LogP contribution in [0, 0.1) is 0 Å². The summed E-state index contributed by atoms with van der Waals surface area (Å²) in [5, 5.41) is 19.0. The summed E-state index contributed by atoms with van der Waals surface area (Å²) >= 11 is 0. The van der Waals surface area contributed by atoms with Crippen molar-refractivity contribution in [3.05, 3.63) is 12.2 Å². The van der Waals surface area contributed by atoms with E-state index in [1.165, 1.54) is 4.90 Å². The summed E-state index contributed by atoms with van der Waals surface area (Å²) in [5.74, 6) is -2.25. The zero-order chi connectivity index (χ0) is 13.1. The summed E-state index contributed by atoms with van der Waals surface area (Å²) in [7, 11) is 0. The van der Waals surface area contributed by atoms with E-state index in [0.717, 1.165) is 25.7 Å². The van der Waals surface area contributed by atoms with Crippen molar-refractivity contribution in [1.82, 2.24) is 4.90 Å². The minimum Gasteiger partial charge on any atom is -0.549 e. The molecule has 0 unspecified atom stereocenters. The maximum absolute atomic E-state index is 10.5. The number of nitrogens with zero attached hydrogens (tertiary/aromatic N) is 1. The minimum atomic E-state index is -1.24. The Kier molecular flexibility index (Phi) is 13.8. The monoisotopic (exact) mass is 249 g/mol. The molecule has 0 aromatic carbocycles. The molecule has 0 saturated heterocycles. The van der Waals surface area contributed by atoms with Crippen molar-refractivity contribution in [1.29, 1.82) is 0 Å². The third-order valence-electron chi connectivity index (χ3n) is 2.29. The molecule has 0 saturated carbocycles. The van der Waals surface area contributed by atoms with Gasteiger partial charge in [-0.2, -0.15) is 0 Å². The molecule has 0 bridgehead atoms. The molecule has 0 spiro atoms. The molecule has 0 aliphatic rings. The van der Waals surface area contributed by atoms with Crippen LogP contribution >= 0.6 is 0 Å². The summed E-state index contributed by atoms with van der Waals surface area (Å²) < 4.78 is 0. The van der Waals surface area contributed by atoms with Gasteiger partial charge in [0.2, 0.25) is 0 Å². The Labute approximate surface area is 120 Å². The van der Waals surface area contributed by atoms with Crippen LogP contribution in [-0.2, 0) is 9.59 Å². The molecule has 0 aromatic rings.